The molecule has 1 aromatic heterocycles. The first kappa shape index (κ1) is 23.3. The summed E-state index contributed by atoms with van der Waals surface area (Å²) in [7, 11) is 0. The summed E-state index contributed by atoms with van der Waals surface area (Å²) in [6.45, 7) is 8.91. The van der Waals surface area contributed by atoms with Gasteiger partial charge in [0.1, 0.15) is 5.82 Å². The smallest absolute Gasteiger partial charge is 0.245 e. The highest BCUT2D eigenvalue weighted by Crippen LogP contribution is 2.28. The van der Waals surface area contributed by atoms with Gasteiger partial charge in [-0.05, 0) is 43.5 Å². The van der Waals surface area contributed by atoms with Crippen LogP contribution in [0.2, 0.25) is 5.02 Å². The van der Waals surface area contributed by atoms with Gasteiger partial charge in [-0.25, -0.2) is 4.68 Å². The molecule has 0 bridgehead atoms. The molecule has 31 heavy (non-hydrogen) atoms. The standard InChI is InChI=1S/C24H33ClN4O2/c1-5-14-28(23(31)17-8-6-7-9-17)16-22(30)26-21-15-20(24(2,3)4)27-29(21)19-12-10-18(25)11-13-19/h10-13,15,17H,5-9,14,16H2,1-4H3,(H,26,30). The Labute approximate surface area is 190 Å². The summed E-state index contributed by atoms with van der Waals surface area (Å²) in [5, 5.41) is 8.35. The summed E-state index contributed by atoms with van der Waals surface area (Å²) in [5.74, 6) is 0.542. The fourth-order valence-electron chi connectivity index (χ4n) is 3.94. The Morgan fingerprint density at radius 1 is 1.19 bits per heavy atom. The molecule has 1 heterocycles. The number of carbonyl (C=O) groups excluding carboxylic acids is 2. The third-order valence-electron chi connectivity index (χ3n) is 5.66. The Morgan fingerprint density at radius 3 is 2.42 bits per heavy atom. The second kappa shape index (κ2) is 9.86. The number of rotatable bonds is 7. The topological polar surface area (TPSA) is 67.2 Å². The van der Waals surface area contributed by atoms with Crippen molar-refractivity contribution in [3.63, 3.8) is 0 Å². The van der Waals surface area contributed by atoms with E-state index in [2.05, 4.69) is 26.1 Å². The van der Waals surface area contributed by atoms with E-state index in [1.807, 2.05) is 25.1 Å². The van der Waals surface area contributed by atoms with Crippen molar-refractivity contribution >= 4 is 29.2 Å². The maximum absolute atomic E-state index is 12.9. The molecule has 0 unspecified atom stereocenters. The third-order valence-corrected chi connectivity index (χ3v) is 5.91. The molecular weight excluding hydrogens is 412 g/mol. The molecule has 0 radical (unpaired) electrons. The largest absolute Gasteiger partial charge is 0.333 e. The molecule has 1 aromatic carbocycles. The molecule has 2 amide bonds. The molecule has 0 atom stereocenters. The molecular formula is C24H33ClN4O2. The summed E-state index contributed by atoms with van der Waals surface area (Å²) in [6, 6.07) is 9.22. The van der Waals surface area contributed by atoms with Gasteiger partial charge in [0.05, 0.1) is 17.9 Å². The minimum absolute atomic E-state index is 0.0554. The lowest BCUT2D eigenvalue weighted by molar-refractivity contribution is -0.138. The highest BCUT2D eigenvalue weighted by atomic mass is 35.5. The summed E-state index contributed by atoms with van der Waals surface area (Å²) >= 11 is 6.03. The van der Waals surface area contributed by atoms with Crippen LogP contribution in [0.1, 0.15) is 65.5 Å². The van der Waals surface area contributed by atoms with Crippen LogP contribution in [0.4, 0.5) is 5.82 Å². The molecule has 7 heteroatoms. The highest BCUT2D eigenvalue weighted by molar-refractivity contribution is 6.30. The number of benzene rings is 1. The van der Waals surface area contributed by atoms with Crippen molar-refractivity contribution < 1.29 is 9.59 Å². The molecule has 1 aliphatic rings. The molecule has 3 rings (SSSR count). The maximum Gasteiger partial charge on any atom is 0.245 e. The molecule has 0 spiro atoms. The van der Waals surface area contributed by atoms with Crippen LogP contribution in [0.25, 0.3) is 5.69 Å². The molecule has 1 aliphatic carbocycles. The predicted octanol–water partition coefficient (Wildman–Crippen LogP) is 5.19. The minimum Gasteiger partial charge on any atom is -0.333 e. The number of nitrogens with one attached hydrogen (secondary N) is 1. The predicted molar refractivity (Wildman–Crippen MR) is 125 cm³/mol. The number of aromatic nitrogens is 2. The second-order valence-corrected chi connectivity index (χ2v) is 9.78. The number of anilines is 1. The average Bonchev–Trinajstić information content (AvgIpc) is 3.38. The quantitative estimate of drug-likeness (QED) is 0.638. The zero-order valence-electron chi connectivity index (χ0n) is 18.9. The molecule has 0 saturated heterocycles. The number of hydrogen-bond donors (Lipinski definition) is 1. The van der Waals surface area contributed by atoms with Crippen LogP contribution >= 0.6 is 11.6 Å². The first-order chi connectivity index (χ1) is 14.7. The summed E-state index contributed by atoms with van der Waals surface area (Å²) in [6.07, 6.45) is 4.87. The second-order valence-electron chi connectivity index (χ2n) is 9.34. The molecule has 2 aromatic rings. The molecule has 1 N–H and O–H groups in total. The Kier molecular flexibility index (Phi) is 7.42. The number of nitrogens with zero attached hydrogens (tertiary/aromatic N) is 3. The van der Waals surface area contributed by atoms with E-state index in [9.17, 15) is 9.59 Å². The highest BCUT2D eigenvalue weighted by Gasteiger charge is 2.28. The van der Waals surface area contributed by atoms with E-state index in [-0.39, 0.29) is 29.7 Å². The van der Waals surface area contributed by atoms with Crippen LogP contribution in [0.5, 0.6) is 0 Å². The number of halogens is 1. The van der Waals surface area contributed by atoms with E-state index in [0.717, 1.165) is 43.5 Å². The van der Waals surface area contributed by atoms with Gasteiger partial charge in [-0.15, -0.1) is 0 Å². The zero-order chi connectivity index (χ0) is 22.6. The third kappa shape index (κ3) is 5.88. The number of amides is 2. The van der Waals surface area contributed by atoms with Crippen molar-refractivity contribution in [3.8, 4) is 5.69 Å². The van der Waals surface area contributed by atoms with Crippen LogP contribution in [0.15, 0.2) is 30.3 Å². The fourth-order valence-corrected chi connectivity index (χ4v) is 4.07. The van der Waals surface area contributed by atoms with E-state index in [0.29, 0.717) is 17.4 Å². The van der Waals surface area contributed by atoms with Crippen molar-refractivity contribution in [1.82, 2.24) is 14.7 Å². The SMILES string of the molecule is CCCN(CC(=O)Nc1cc(C(C)(C)C)nn1-c1ccc(Cl)cc1)C(=O)C1CCCC1. The summed E-state index contributed by atoms with van der Waals surface area (Å²) in [5.41, 5.74) is 1.50. The lowest BCUT2D eigenvalue weighted by Gasteiger charge is -2.24. The van der Waals surface area contributed by atoms with Gasteiger partial charge in [-0.1, -0.05) is 52.1 Å². The van der Waals surface area contributed by atoms with E-state index in [1.54, 1.807) is 21.7 Å². The van der Waals surface area contributed by atoms with Crippen molar-refractivity contribution in [2.45, 2.75) is 65.2 Å². The van der Waals surface area contributed by atoms with Gasteiger partial charge in [0.15, 0.2) is 0 Å². The van der Waals surface area contributed by atoms with Gasteiger partial charge >= 0.3 is 0 Å². The Hall–Kier alpha value is -2.34. The molecule has 168 valence electrons. The number of hydrogen-bond acceptors (Lipinski definition) is 3. The van der Waals surface area contributed by atoms with Crippen LogP contribution in [-0.4, -0.2) is 39.6 Å². The fraction of sp³-hybridized carbons (Fsp3) is 0.542. The van der Waals surface area contributed by atoms with E-state index in [4.69, 9.17) is 16.7 Å². The molecule has 1 saturated carbocycles. The Bertz CT molecular complexity index is 909. The van der Waals surface area contributed by atoms with E-state index >= 15 is 0 Å². The van der Waals surface area contributed by atoms with Crippen LogP contribution in [-0.2, 0) is 15.0 Å². The lowest BCUT2D eigenvalue weighted by Crippen LogP contribution is -2.41. The van der Waals surface area contributed by atoms with Gasteiger partial charge in [-0.2, -0.15) is 5.10 Å². The minimum atomic E-state index is -0.213. The van der Waals surface area contributed by atoms with Crippen LogP contribution < -0.4 is 5.32 Å². The van der Waals surface area contributed by atoms with Crippen molar-refractivity contribution in [1.29, 1.82) is 0 Å². The normalized spacial score (nSPS) is 14.6. The van der Waals surface area contributed by atoms with Crippen LogP contribution in [0, 0.1) is 5.92 Å². The first-order valence-electron chi connectivity index (χ1n) is 11.1. The number of carbonyl (C=O) groups is 2. The van der Waals surface area contributed by atoms with E-state index in [1.165, 1.54) is 0 Å². The zero-order valence-corrected chi connectivity index (χ0v) is 19.7. The average molecular weight is 445 g/mol. The van der Waals surface area contributed by atoms with Gasteiger partial charge in [0.25, 0.3) is 0 Å². The summed E-state index contributed by atoms with van der Waals surface area (Å²) in [4.78, 5) is 27.5. The lowest BCUT2D eigenvalue weighted by atomic mass is 9.92. The van der Waals surface area contributed by atoms with E-state index < -0.39 is 0 Å². The van der Waals surface area contributed by atoms with Crippen molar-refractivity contribution in [2.24, 2.45) is 5.92 Å². The molecule has 6 nitrogen and oxygen atoms in total. The summed E-state index contributed by atoms with van der Waals surface area (Å²) < 4.78 is 1.72. The molecule has 0 aliphatic heterocycles. The first-order valence-corrected chi connectivity index (χ1v) is 11.5. The van der Waals surface area contributed by atoms with Crippen molar-refractivity contribution in [3.05, 3.63) is 41.0 Å². The van der Waals surface area contributed by atoms with Gasteiger partial charge in [0, 0.05) is 29.0 Å². The Balaban J connectivity index is 1.81. The van der Waals surface area contributed by atoms with Gasteiger partial charge in [0.2, 0.25) is 11.8 Å². The van der Waals surface area contributed by atoms with Crippen LogP contribution in [0.3, 0.4) is 0 Å². The molecule has 1 fully saturated rings. The maximum atomic E-state index is 12.9. The van der Waals surface area contributed by atoms with Gasteiger partial charge in [-0.3, -0.25) is 9.59 Å². The Morgan fingerprint density at radius 2 is 1.84 bits per heavy atom. The monoisotopic (exact) mass is 444 g/mol. The van der Waals surface area contributed by atoms with Gasteiger partial charge < -0.3 is 10.2 Å². The van der Waals surface area contributed by atoms with Crippen molar-refractivity contribution in [2.75, 3.05) is 18.4 Å².